The first-order valence-corrected chi connectivity index (χ1v) is 7.99. The monoisotopic (exact) mass is 357 g/mol. The van der Waals surface area contributed by atoms with Gasteiger partial charge in [-0.3, -0.25) is 4.79 Å². The summed E-state index contributed by atoms with van der Waals surface area (Å²) in [4.78, 5) is 11.9. The summed E-state index contributed by atoms with van der Waals surface area (Å²) in [5.74, 6) is 1.38. The maximum Gasteiger partial charge on any atom is 0.259 e. The van der Waals surface area contributed by atoms with Gasteiger partial charge in [0.1, 0.15) is 17.2 Å². The molecule has 0 aliphatic heterocycles. The maximum absolute atomic E-state index is 11.9. The van der Waals surface area contributed by atoms with Gasteiger partial charge in [-0.25, -0.2) is 5.43 Å². The van der Waals surface area contributed by atoms with Gasteiger partial charge in [0.25, 0.3) is 5.91 Å². The average molecular weight is 357 g/mol. The smallest absolute Gasteiger partial charge is 0.259 e. The number of benzene rings is 2. The van der Waals surface area contributed by atoms with Gasteiger partial charge in [0.15, 0.2) is 0 Å². The molecule has 2 aromatic carbocycles. The Hall–Kier alpha value is -3.22. The van der Waals surface area contributed by atoms with Crippen LogP contribution in [0.5, 0.6) is 17.2 Å². The van der Waals surface area contributed by atoms with E-state index in [1.54, 1.807) is 19.2 Å². The molecule has 0 radical (unpaired) electrons. The second kappa shape index (κ2) is 9.31. The SMILES string of the molecule is COc1cc(OC)c(/C=N/NC(=O)CNc2ccc(C)cc2)c(OC)c1. The van der Waals surface area contributed by atoms with Gasteiger partial charge in [-0.15, -0.1) is 0 Å². The van der Waals surface area contributed by atoms with Crippen LogP contribution in [0.3, 0.4) is 0 Å². The van der Waals surface area contributed by atoms with Crippen LogP contribution < -0.4 is 25.0 Å². The van der Waals surface area contributed by atoms with Crippen molar-refractivity contribution < 1.29 is 19.0 Å². The number of aryl methyl sites for hydroxylation is 1. The van der Waals surface area contributed by atoms with Crippen molar-refractivity contribution in [2.75, 3.05) is 33.2 Å². The number of hydrogen-bond acceptors (Lipinski definition) is 6. The molecule has 2 rings (SSSR count). The Morgan fingerprint density at radius 1 is 1.04 bits per heavy atom. The van der Waals surface area contributed by atoms with Crippen molar-refractivity contribution >= 4 is 17.8 Å². The molecule has 7 nitrogen and oxygen atoms in total. The van der Waals surface area contributed by atoms with E-state index in [2.05, 4.69) is 15.8 Å². The van der Waals surface area contributed by atoms with E-state index in [4.69, 9.17) is 14.2 Å². The minimum Gasteiger partial charge on any atom is -0.496 e. The van der Waals surface area contributed by atoms with Gasteiger partial charge in [0.05, 0.1) is 39.7 Å². The third-order valence-corrected chi connectivity index (χ3v) is 3.64. The number of nitrogens with one attached hydrogen (secondary N) is 2. The molecule has 1 amide bonds. The van der Waals surface area contributed by atoms with Crippen molar-refractivity contribution in [3.63, 3.8) is 0 Å². The van der Waals surface area contributed by atoms with Crippen LogP contribution >= 0.6 is 0 Å². The van der Waals surface area contributed by atoms with E-state index in [0.29, 0.717) is 22.8 Å². The summed E-state index contributed by atoms with van der Waals surface area (Å²) < 4.78 is 15.8. The number of methoxy groups -OCH3 is 3. The molecule has 0 unspecified atom stereocenters. The standard InChI is InChI=1S/C19H23N3O4/c1-13-5-7-14(8-6-13)20-12-19(23)22-21-11-16-17(25-3)9-15(24-2)10-18(16)26-4/h5-11,20H,12H2,1-4H3,(H,22,23)/b21-11+. The predicted octanol–water partition coefficient (Wildman–Crippen LogP) is 2.58. The Labute approximate surface area is 153 Å². The molecule has 0 spiro atoms. The summed E-state index contributed by atoms with van der Waals surface area (Å²) in [5, 5.41) is 7.00. The lowest BCUT2D eigenvalue weighted by Crippen LogP contribution is -2.25. The number of hydrogen-bond donors (Lipinski definition) is 2. The summed E-state index contributed by atoms with van der Waals surface area (Å²) in [6.07, 6.45) is 1.47. The van der Waals surface area contributed by atoms with E-state index < -0.39 is 0 Å². The molecule has 0 atom stereocenters. The number of hydrazone groups is 1. The summed E-state index contributed by atoms with van der Waals surface area (Å²) in [6, 6.07) is 11.2. The van der Waals surface area contributed by atoms with Crippen molar-refractivity contribution in [1.82, 2.24) is 5.43 Å². The molecular formula is C19H23N3O4. The molecule has 0 bridgehead atoms. The van der Waals surface area contributed by atoms with E-state index in [-0.39, 0.29) is 12.5 Å². The largest absolute Gasteiger partial charge is 0.496 e. The minimum absolute atomic E-state index is 0.108. The Balaban J connectivity index is 1.98. The fourth-order valence-corrected chi connectivity index (χ4v) is 2.22. The zero-order valence-corrected chi connectivity index (χ0v) is 15.3. The van der Waals surface area contributed by atoms with Gasteiger partial charge in [-0.05, 0) is 19.1 Å². The Morgan fingerprint density at radius 3 is 2.19 bits per heavy atom. The first kappa shape index (κ1) is 19.1. The summed E-state index contributed by atoms with van der Waals surface area (Å²) in [5.41, 5.74) is 5.10. The van der Waals surface area contributed by atoms with Crippen LogP contribution in [0, 0.1) is 6.92 Å². The predicted molar refractivity (Wildman–Crippen MR) is 102 cm³/mol. The Bertz CT molecular complexity index is 748. The van der Waals surface area contributed by atoms with Crippen molar-refractivity contribution in [3.8, 4) is 17.2 Å². The third kappa shape index (κ3) is 5.14. The van der Waals surface area contributed by atoms with E-state index >= 15 is 0 Å². The van der Waals surface area contributed by atoms with Crippen molar-refractivity contribution in [3.05, 3.63) is 47.5 Å². The van der Waals surface area contributed by atoms with Crippen LogP contribution in [0.4, 0.5) is 5.69 Å². The summed E-state index contributed by atoms with van der Waals surface area (Å²) >= 11 is 0. The number of anilines is 1. The highest BCUT2D eigenvalue weighted by Gasteiger charge is 2.11. The number of carbonyl (C=O) groups is 1. The van der Waals surface area contributed by atoms with E-state index in [9.17, 15) is 4.79 Å². The molecule has 2 aromatic rings. The average Bonchev–Trinajstić information content (AvgIpc) is 2.67. The Kier molecular flexibility index (Phi) is 6.84. The molecule has 0 aliphatic carbocycles. The summed E-state index contributed by atoms with van der Waals surface area (Å²) in [7, 11) is 4.63. The molecule has 0 fully saturated rings. The van der Waals surface area contributed by atoms with E-state index in [1.807, 2.05) is 31.2 Å². The lowest BCUT2D eigenvalue weighted by atomic mass is 10.2. The fraction of sp³-hybridized carbons (Fsp3) is 0.263. The van der Waals surface area contributed by atoms with E-state index in [1.165, 1.54) is 20.4 Å². The van der Waals surface area contributed by atoms with Crippen molar-refractivity contribution in [2.45, 2.75) is 6.92 Å². The van der Waals surface area contributed by atoms with Gasteiger partial charge >= 0.3 is 0 Å². The highest BCUT2D eigenvalue weighted by atomic mass is 16.5. The minimum atomic E-state index is -0.270. The van der Waals surface area contributed by atoms with Crippen LogP contribution in [-0.2, 0) is 4.79 Å². The first-order chi connectivity index (χ1) is 12.6. The normalized spacial score (nSPS) is 10.5. The maximum atomic E-state index is 11.9. The highest BCUT2D eigenvalue weighted by Crippen LogP contribution is 2.32. The van der Waals surface area contributed by atoms with Gasteiger partial charge in [0, 0.05) is 17.8 Å². The topological polar surface area (TPSA) is 81.2 Å². The molecule has 0 aromatic heterocycles. The molecule has 0 heterocycles. The Morgan fingerprint density at radius 2 is 1.65 bits per heavy atom. The molecular weight excluding hydrogens is 334 g/mol. The third-order valence-electron chi connectivity index (χ3n) is 3.64. The van der Waals surface area contributed by atoms with Crippen LogP contribution in [0.25, 0.3) is 0 Å². The quantitative estimate of drug-likeness (QED) is 0.561. The second-order valence-corrected chi connectivity index (χ2v) is 5.46. The first-order valence-electron chi connectivity index (χ1n) is 7.99. The molecule has 2 N–H and O–H groups in total. The lowest BCUT2D eigenvalue weighted by molar-refractivity contribution is -0.119. The van der Waals surface area contributed by atoms with Crippen LogP contribution in [-0.4, -0.2) is 40.0 Å². The molecule has 26 heavy (non-hydrogen) atoms. The molecule has 7 heteroatoms. The van der Waals surface area contributed by atoms with Gasteiger partial charge in [0.2, 0.25) is 0 Å². The number of carbonyl (C=O) groups excluding carboxylic acids is 1. The number of nitrogens with zero attached hydrogens (tertiary/aromatic N) is 1. The number of ether oxygens (including phenoxy) is 3. The molecule has 138 valence electrons. The van der Waals surface area contributed by atoms with Crippen molar-refractivity contribution in [1.29, 1.82) is 0 Å². The number of rotatable bonds is 8. The zero-order valence-electron chi connectivity index (χ0n) is 15.3. The van der Waals surface area contributed by atoms with Gasteiger partial charge in [-0.2, -0.15) is 5.10 Å². The molecule has 0 aliphatic rings. The van der Waals surface area contributed by atoms with Gasteiger partial charge < -0.3 is 19.5 Å². The summed E-state index contributed by atoms with van der Waals surface area (Å²) in [6.45, 7) is 2.12. The lowest BCUT2D eigenvalue weighted by Gasteiger charge is -2.12. The van der Waals surface area contributed by atoms with Crippen LogP contribution in [0.15, 0.2) is 41.5 Å². The highest BCUT2D eigenvalue weighted by molar-refractivity contribution is 5.89. The van der Waals surface area contributed by atoms with Gasteiger partial charge in [-0.1, -0.05) is 17.7 Å². The van der Waals surface area contributed by atoms with Crippen LogP contribution in [0.2, 0.25) is 0 Å². The second-order valence-electron chi connectivity index (χ2n) is 5.46. The van der Waals surface area contributed by atoms with Crippen LogP contribution in [0.1, 0.15) is 11.1 Å². The van der Waals surface area contributed by atoms with Crippen molar-refractivity contribution in [2.24, 2.45) is 5.10 Å². The molecule has 0 saturated carbocycles. The fourth-order valence-electron chi connectivity index (χ4n) is 2.22. The van der Waals surface area contributed by atoms with E-state index in [0.717, 1.165) is 11.3 Å². The zero-order chi connectivity index (χ0) is 18.9. The number of amides is 1. The molecule has 0 saturated heterocycles.